The van der Waals surface area contributed by atoms with Crippen molar-refractivity contribution in [1.82, 2.24) is 14.8 Å². The third-order valence-corrected chi connectivity index (χ3v) is 4.29. The molecule has 4 heteroatoms. The van der Waals surface area contributed by atoms with Gasteiger partial charge in [0.2, 0.25) is 5.91 Å². The molecular weight excluding hydrogens is 298 g/mol. The fraction of sp³-hybridized carbons (Fsp3) is 0.300. The first-order valence-electron chi connectivity index (χ1n) is 8.36. The molecule has 0 aliphatic carbocycles. The Morgan fingerprint density at radius 2 is 1.83 bits per heavy atom. The summed E-state index contributed by atoms with van der Waals surface area (Å²) in [6.45, 7) is 6.22. The lowest BCUT2D eigenvalue weighted by molar-refractivity contribution is -0.127. The molecule has 0 spiro atoms. The molecule has 0 N–H and O–H groups in total. The number of aromatic nitrogens is 1. The fourth-order valence-corrected chi connectivity index (χ4v) is 2.80. The van der Waals surface area contributed by atoms with E-state index in [0.717, 1.165) is 44.0 Å². The van der Waals surface area contributed by atoms with Gasteiger partial charge in [-0.3, -0.25) is 14.7 Å². The Kier molecular flexibility index (Phi) is 5.39. The smallest absolute Gasteiger partial charge is 0.246 e. The van der Waals surface area contributed by atoms with Crippen LogP contribution in [0.4, 0.5) is 0 Å². The second-order valence-electron chi connectivity index (χ2n) is 6.17. The van der Waals surface area contributed by atoms with Crippen LogP contribution in [-0.4, -0.2) is 46.9 Å². The summed E-state index contributed by atoms with van der Waals surface area (Å²) in [5.41, 5.74) is 3.36. The highest BCUT2D eigenvalue weighted by Gasteiger charge is 2.19. The van der Waals surface area contributed by atoms with E-state index in [9.17, 15) is 4.79 Å². The zero-order chi connectivity index (χ0) is 16.8. The van der Waals surface area contributed by atoms with Crippen LogP contribution in [-0.2, 0) is 11.3 Å². The predicted molar refractivity (Wildman–Crippen MR) is 96.3 cm³/mol. The van der Waals surface area contributed by atoms with Crippen molar-refractivity contribution in [1.29, 1.82) is 0 Å². The highest BCUT2D eigenvalue weighted by Crippen LogP contribution is 2.09. The summed E-state index contributed by atoms with van der Waals surface area (Å²) in [5.74, 6) is 0.0908. The summed E-state index contributed by atoms with van der Waals surface area (Å²) in [5, 5.41) is 0. The maximum atomic E-state index is 12.3. The van der Waals surface area contributed by atoms with Gasteiger partial charge in [0, 0.05) is 45.0 Å². The van der Waals surface area contributed by atoms with E-state index in [0.29, 0.717) is 0 Å². The maximum Gasteiger partial charge on any atom is 0.246 e. The van der Waals surface area contributed by atoms with Crippen LogP contribution in [0.1, 0.15) is 16.8 Å². The number of amides is 1. The Labute approximate surface area is 143 Å². The topological polar surface area (TPSA) is 36.4 Å². The van der Waals surface area contributed by atoms with Gasteiger partial charge in [-0.2, -0.15) is 0 Å². The Bertz CT molecular complexity index is 687. The van der Waals surface area contributed by atoms with Gasteiger partial charge in [0.1, 0.15) is 0 Å². The SMILES string of the molecule is Cc1ccc(/C=C/C(=O)N2CCN(Cc3ccccn3)CC2)cc1. The van der Waals surface area contributed by atoms with Crippen molar-refractivity contribution < 1.29 is 4.79 Å². The largest absolute Gasteiger partial charge is 0.337 e. The van der Waals surface area contributed by atoms with Crippen LogP contribution in [0.2, 0.25) is 0 Å². The molecule has 1 amide bonds. The Balaban J connectivity index is 1.49. The molecule has 1 aromatic carbocycles. The quantitative estimate of drug-likeness (QED) is 0.813. The Morgan fingerprint density at radius 1 is 1.08 bits per heavy atom. The highest BCUT2D eigenvalue weighted by atomic mass is 16.2. The first-order chi connectivity index (χ1) is 11.7. The van der Waals surface area contributed by atoms with E-state index in [1.807, 2.05) is 47.5 Å². The molecule has 3 rings (SSSR count). The number of benzene rings is 1. The number of nitrogens with zero attached hydrogens (tertiary/aromatic N) is 3. The molecule has 1 saturated heterocycles. The zero-order valence-electron chi connectivity index (χ0n) is 14.1. The lowest BCUT2D eigenvalue weighted by Gasteiger charge is -2.34. The number of carbonyl (C=O) groups excluding carboxylic acids is 1. The number of carbonyl (C=O) groups is 1. The molecule has 1 aliphatic heterocycles. The van der Waals surface area contributed by atoms with Crippen LogP contribution in [0.25, 0.3) is 6.08 Å². The number of pyridine rings is 1. The van der Waals surface area contributed by atoms with Crippen molar-refractivity contribution in [2.45, 2.75) is 13.5 Å². The van der Waals surface area contributed by atoms with Gasteiger partial charge in [0.05, 0.1) is 5.69 Å². The first-order valence-corrected chi connectivity index (χ1v) is 8.36. The van der Waals surface area contributed by atoms with Crippen molar-refractivity contribution >= 4 is 12.0 Å². The summed E-state index contributed by atoms with van der Waals surface area (Å²) in [6, 6.07) is 14.2. The van der Waals surface area contributed by atoms with Gasteiger partial charge in [-0.1, -0.05) is 35.9 Å². The van der Waals surface area contributed by atoms with E-state index in [2.05, 4.69) is 28.9 Å². The molecular formula is C20H23N3O. The van der Waals surface area contributed by atoms with Gasteiger partial charge < -0.3 is 4.90 Å². The minimum Gasteiger partial charge on any atom is -0.337 e. The van der Waals surface area contributed by atoms with Crippen molar-refractivity contribution in [3.05, 3.63) is 71.6 Å². The molecule has 0 bridgehead atoms. The molecule has 1 fully saturated rings. The van der Waals surface area contributed by atoms with Crippen LogP contribution < -0.4 is 0 Å². The molecule has 1 aliphatic rings. The molecule has 24 heavy (non-hydrogen) atoms. The van der Waals surface area contributed by atoms with Gasteiger partial charge in [-0.05, 0) is 30.7 Å². The van der Waals surface area contributed by atoms with Gasteiger partial charge >= 0.3 is 0 Å². The molecule has 0 atom stereocenters. The number of aryl methyl sites for hydroxylation is 1. The average Bonchev–Trinajstić information content (AvgIpc) is 2.62. The normalized spacial score (nSPS) is 15.8. The summed E-state index contributed by atoms with van der Waals surface area (Å²) in [6.07, 6.45) is 5.39. The fourth-order valence-electron chi connectivity index (χ4n) is 2.80. The average molecular weight is 321 g/mol. The van der Waals surface area contributed by atoms with Gasteiger partial charge in [-0.15, -0.1) is 0 Å². The molecule has 2 heterocycles. The van der Waals surface area contributed by atoms with Crippen molar-refractivity contribution in [2.24, 2.45) is 0 Å². The Morgan fingerprint density at radius 3 is 2.50 bits per heavy atom. The van der Waals surface area contributed by atoms with E-state index < -0.39 is 0 Å². The standard InChI is InChI=1S/C20H23N3O/c1-17-5-7-18(8-6-17)9-10-20(24)23-14-12-22(13-15-23)16-19-4-2-3-11-21-19/h2-11H,12-16H2,1H3/b10-9+. The lowest BCUT2D eigenvalue weighted by Crippen LogP contribution is -2.47. The van der Waals surface area contributed by atoms with E-state index in [-0.39, 0.29) is 5.91 Å². The van der Waals surface area contributed by atoms with Crippen molar-refractivity contribution in [2.75, 3.05) is 26.2 Å². The maximum absolute atomic E-state index is 12.3. The van der Waals surface area contributed by atoms with E-state index in [4.69, 9.17) is 0 Å². The number of rotatable bonds is 4. The molecule has 124 valence electrons. The number of hydrogen-bond acceptors (Lipinski definition) is 3. The number of hydrogen-bond donors (Lipinski definition) is 0. The van der Waals surface area contributed by atoms with Gasteiger partial charge in [0.25, 0.3) is 0 Å². The summed E-state index contributed by atoms with van der Waals surface area (Å²) in [7, 11) is 0. The van der Waals surface area contributed by atoms with Gasteiger partial charge in [-0.25, -0.2) is 0 Å². The third-order valence-electron chi connectivity index (χ3n) is 4.29. The minimum atomic E-state index is 0.0908. The van der Waals surface area contributed by atoms with Crippen molar-refractivity contribution in [3.63, 3.8) is 0 Å². The molecule has 1 aromatic heterocycles. The van der Waals surface area contributed by atoms with Crippen LogP contribution in [0.5, 0.6) is 0 Å². The van der Waals surface area contributed by atoms with Crippen LogP contribution in [0.3, 0.4) is 0 Å². The van der Waals surface area contributed by atoms with Crippen LogP contribution in [0.15, 0.2) is 54.7 Å². The van der Waals surface area contributed by atoms with E-state index in [1.165, 1.54) is 5.56 Å². The van der Waals surface area contributed by atoms with Crippen LogP contribution in [0, 0.1) is 6.92 Å². The molecule has 0 radical (unpaired) electrons. The second-order valence-corrected chi connectivity index (χ2v) is 6.17. The monoisotopic (exact) mass is 321 g/mol. The Hall–Kier alpha value is -2.46. The van der Waals surface area contributed by atoms with E-state index >= 15 is 0 Å². The minimum absolute atomic E-state index is 0.0908. The number of piperazine rings is 1. The second kappa shape index (κ2) is 7.88. The summed E-state index contributed by atoms with van der Waals surface area (Å²) >= 11 is 0. The summed E-state index contributed by atoms with van der Waals surface area (Å²) < 4.78 is 0. The van der Waals surface area contributed by atoms with Crippen LogP contribution >= 0.6 is 0 Å². The lowest BCUT2D eigenvalue weighted by atomic mass is 10.1. The predicted octanol–water partition coefficient (Wildman–Crippen LogP) is 2.75. The highest BCUT2D eigenvalue weighted by molar-refractivity contribution is 5.91. The first kappa shape index (κ1) is 16.4. The molecule has 0 saturated carbocycles. The zero-order valence-corrected chi connectivity index (χ0v) is 14.1. The van der Waals surface area contributed by atoms with Gasteiger partial charge in [0.15, 0.2) is 0 Å². The molecule has 0 unspecified atom stereocenters. The summed E-state index contributed by atoms with van der Waals surface area (Å²) in [4.78, 5) is 20.9. The molecule has 2 aromatic rings. The third kappa shape index (κ3) is 4.52. The van der Waals surface area contributed by atoms with E-state index in [1.54, 1.807) is 6.08 Å². The van der Waals surface area contributed by atoms with Crippen molar-refractivity contribution in [3.8, 4) is 0 Å². The molecule has 4 nitrogen and oxygen atoms in total.